The lowest BCUT2D eigenvalue weighted by molar-refractivity contribution is 0.171. The number of hydrogen-bond donors (Lipinski definition) is 1. The van der Waals surface area contributed by atoms with E-state index < -0.39 is 0 Å². The lowest BCUT2D eigenvalue weighted by Gasteiger charge is -2.18. The third-order valence-electron chi connectivity index (χ3n) is 4.88. The van der Waals surface area contributed by atoms with Gasteiger partial charge in [-0.3, -0.25) is 9.97 Å². The Labute approximate surface area is 153 Å². The van der Waals surface area contributed by atoms with E-state index in [0.29, 0.717) is 13.2 Å². The topological polar surface area (TPSA) is 72.9 Å². The summed E-state index contributed by atoms with van der Waals surface area (Å²) in [5.74, 6) is 2.30. The minimum absolute atomic E-state index is 0.559. The van der Waals surface area contributed by atoms with Crippen LogP contribution in [0.4, 0.5) is 0 Å². The van der Waals surface area contributed by atoms with E-state index in [2.05, 4.69) is 15.0 Å². The van der Waals surface area contributed by atoms with Gasteiger partial charge in [-0.2, -0.15) is 0 Å². The van der Waals surface area contributed by atoms with Crippen LogP contribution in [0.3, 0.4) is 0 Å². The van der Waals surface area contributed by atoms with E-state index in [1.165, 1.54) is 0 Å². The predicted octanol–water partition coefficient (Wildman–Crippen LogP) is 4.10. The van der Waals surface area contributed by atoms with Crippen LogP contribution in [0.15, 0.2) is 54.9 Å². The highest BCUT2D eigenvalue weighted by atomic mass is 16.6. The molecule has 0 bridgehead atoms. The third-order valence-corrected chi connectivity index (χ3v) is 4.88. The Morgan fingerprint density at radius 3 is 2.37 bits per heavy atom. The molecule has 0 amide bonds. The monoisotopic (exact) mass is 354 g/mol. The first-order chi connectivity index (χ1) is 13.4. The lowest BCUT2D eigenvalue weighted by Crippen LogP contribution is -2.15. The molecule has 1 aliphatic rings. The summed E-state index contributed by atoms with van der Waals surface area (Å²) in [6.45, 7) is 1.14. The van der Waals surface area contributed by atoms with E-state index in [9.17, 15) is 0 Å². The Morgan fingerprint density at radius 2 is 1.52 bits per heavy atom. The number of aromatic amines is 1. The van der Waals surface area contributed by atoms with Gasteiger partial charge in [0.25, 0.3) is 0 Å². The SMILES string of the molecule is c1cnc2c(c1)c1nc(-c3ccc4c(c3)OCCO4)[nH]c1c1cccnc12. The number of ether oxygens (including phenoxy) is 2. The zero-order valence-electron chi connectivity index (χ0n) is 14.3. The number of H-pyrrole nitrogens is 1. The summed E-state index contributed by atoms with van der Waals surface area (Å²) in [5, 5.41) is 1.99. The van der Waals surface area contributed by atoms with Gasteiger partial charge in [0, 0.05) is 28.7 Å². The molecule has 1 aliphatic heterocycles. The van der Waals surface area contributed by atoms with Gasteiger partial charge in [-0.25, -0.2) is 4.98 Å². The van der Waals surface area contributed by atoms with Crippen molar-refractivity contribution in [2.75, 3.05) is 13.2 Å². The fourth-order valence-electron chi connectivity index (χ4n) is 3.67. The average Bonchev–Trinajstić information content (AvgIpc) is 3.20. The Kier molecular flexibility index (Phi) is 2.90. The van der Waals surface area contributed by atoms with E-state index in [1.807, 2.05) is 42.5 Å². The molecule has 0 atom stereocenters. The molecule has 5 aromatic rings. The van der Waals surface area contributed by atoms with Gasteiger partial charge in [0.05, 0.1) is 22.1 Å². The molecule has 0 radical (unpaired) electrons. The highest BCUT2D eigenvalue weighted by molar-refractivity contribution is 6.21. The van der Waals surface area contributed by atoms with Crippen LogP contribution in [0.2, 0.25) is 0 Å². The molecule has 0 saturated heterocycles. The van der Waals surface area contributed by atoms with Gasteiger partial charge < -0.3 is 14.5 Å². The molecular weight excluding hydrogens is 340 g/mol. The van der Waals surface area contributed by atoms with E-state index >= 15 is 0 Å². The van der Waals surface area contributed by atoms with Crippen molar-refractivity contribution in [1.82, 2.24) is 19.9 Å². The Morgan fingerprint density at radius 1 is 0.778 bits per heavy atom. The number of imidazole rings is 1. The maximum Gasteiger partial charge on any atom is 0.162 e. The molecule has 27 heavy (non-hydrogen) atoms. The van der Waals surface area contributed by atoms with Crippen molar-refractivity contribution >= 4 is 32.8 Å². The fraction of sp³-hybridized carbons (Fsp3) is 0.0952. The summed E-state index contributed by atoms with van der Waals surface area (Å²) in [6, 6.07) is 13.8. The van der Waals surface area contributed by atoms with Crippen LogP contribution in [0.25, 0.3) is 44.2 Å². The molecule has 0 unspecified atom stereocenters. The fourth-order valence-corrected chi connectivity index (χ4v) is 3.67. The number of rotatable bonds is 1. The maximum absolute atomic E-state index is 5.71. The van der Waals surface area contributed by atoms with Crippen molar-refractivity contribution < 1.29 is 9.47 Å². The number of aromatic nitrogens is 4. The highest BCUT2D eigenvalue weighted by Crippen LogP contribution is 2.36. The number of hydrogen-bond acceptors (Lipinski definition) is 5. The van der Waals surface area contributed by atoms with Gasteiger partial charge in [-0.05, 0) is 42.5 Å². The minimum atomic E-state index is 0.559. The maximum atomic E-state index is 5.71. The molecule has 6 rings (SSSR count). The van der Waals surface area contributed by atoms with Crippen molar-refractivity contribution in [3.63, 3.8) is 0 Å². The molecule has 3 aromatic heterocycles. The van der Waals surface area contributed by atoms with Crippen LogP contribution in [-0.2, 0) is 0 Å². The van der Waals surface area contributed by atoms with Crippen LogP contribution in [0.5, 0.6) is 11.5 Å². The number of nitrogens with one attached hydrogen (secondary N) is 1. The summed E-state index contributed by atoms with van der Waals surface area (Å²) in [4.78, 5) is 17.5. The van der Waals surface area contributed by atoms with Crippen LogP contribution < -0.4 is 9.47 Å². The average molecular weight is 354 g/mol. The highest BCUT2D eigenvalue weighted by Gasteiger charge is 2.17. The first kappa shape index (κ1) is 14.5. The van der Waals surface area contributed by atoms with Crippen molar-refractivity contribution in [1.29, 1.82) is 0 Å². The summed E-state index contributed by atoms with van der Waals surface area (Å²) >= 11 is 0. The number of benzene rings is 2. The normalized spacial score (nSPS) is 13.5. The van der Waals surface area contributed by atoms with Crippen LogP contribution >= 0.6 is 0 Å². The molecular formula is C21H14N4O2. The molecule has 4 heterocycles. The zero-order valence-corrected chi connectivity index (χ0v) is 14.3. The second-order valence-electron chi connectivity index (χ2n) is 6.47. The second kappa shape index (κ2) is 5.41. The number of nitrogens with zero attached hydrogens (tertiary/aromatic N) is 3. The first-order valence-corrected chi connectivity index (χ1v) is 8.80. The molecule has 2 aromatic carbocycles. The quantitative estimate of drug-likeness (QED) is 0.459. The molecule has 6 heteroatoms. The Bertz CT molecular complexity index is 1270. The summed E-state index contributed by atoms with van der Waals surface area (Å²) in [5.41, 5.74) is 4.54. The number of pyridine rings is 2. The Hall–Kier alpha value is -3.67. The second-order valence-corrected chi connectivity index (χ2v) is 6.47. The standard InChI is InChI=1S/C21H14N4O2/c1-3-13-17(22-7-1)18-14(4-2-8-23-18)20-19(13)24-21(25-20)12-5-6-15-16(11-12)27-10-9-26-15/h1-8,11H,9-10H2,(H,24,25). The lowest BCUT2D eigenvalue weighted by atomic mass is 10.1. The van der Waals surface area contributed by atoms with Crippen molar-refractivity contribution in [3.8, 4) is 22.9 Å². The Balaban J connectivity index is 1.66. The van der Waals surface area contributed by atoms with Crippen LogP contribution in [-0.4, -0.2) is 33.1 Å². The van der Waals surface area contributed by atoms with Gasteiger partial charge in [-0.15, -0.1) is 0 Å². The van der Waals surface area contributed by atoms with E-state index in [1.54, 1.807) is 12.4 Å². The molecule has 0 aliphatic carbocycles. The first-order valence-electron chi connectivity index (χ1n) is 8.80. The molecule has 1 N–H and O–H groups in total. The predicted molar refractivity (Wildman–Crippen MR) is 103 cm³/mol. The zero-order chi connectivity index (χ0) is 17.8. The third kappa shape index (κ3) is 2.10. The van der Waals surface area contributed by atoms with Gasteiger partial charge in [-0.1, -0.05) is 0 Å². The van der Waals surface area contributed by atoms with E-state index in [-0.39, 0.29) is 0 Å². The van der Waals surface area contributed by atoms with Gasteiger partial charge in [0.2, 0.25) is 0 Å². The van der Waals surface area contributed by atoms with Crippen molar-refractivity contribution in [2.45, 2.75) is 0 Å². The van der Waals surface area contributed by atoms with Crippen LogP contribution in [0.1, 0.15) is 0 Å². The van der Waals surface area contributed by atoms with Gasteiger partial charge in [0.15, 0.2) is 11.5 Å². The van der Waals surface area contributed by atoms with Crippen molar-refractivity contribution in [2.24, 2.45) is 0 Å². The largest absolute Gasteiger partial charge is 0.486 e. The van der Waals surface area contributed by atoms with Crippen molar-refractivity contribution in [3.05, 3.63) is 54.9 Å². The smallest absolute Gasteiger partial charge is 0.162 e. The molecule has 0 saturated carbocycles. The minimum Gasteiger partial charge on any atom is -0.486 e. The number of fused-ring (bicyclic) bond motifs is 7. The summed E-state index contributed by atoms with van der Waals surface area (Å²) < 4.78 is 11.3. The summed E-state index contributed by atoms with van der Waals surface area (Å²) in [7, 11) is 0. The molecule has 0 spiro atoms. The molecule has 130 valence electrons. The van der Waals surface area contributed by atoms with Gasteiger partial charge in [0.1, 0.15) is 19.0 Å². The molecule has 6 nitrogen and oxygen atoms in total. The van der Waals surface area contributed by atoms with E-state index in [4.69, 9.17) is 14.5 Å². The van der Waals surface area contributed by atoms with Gasteiger partial charge >= 0.3 is 0 Å². The van der Waals surface area contributed by atoms with E-state index in [0.717, 1.165) is 55.7 Å². The van der Waals surface area contributed by atoms with Crippen LogP contribution in [0, 0.1) is 0 Å². The molecule has 0 fully saturated rings. The summed E-state index contributed by atoms with van der Waals surface area (Å²) in [6.07, 6.45) is 3.58.